The van der Waals surface area contributed by atoms with Crippen LogP contribution in [0.5, 0.6) is 0 Å². The highest BCUT2D eigenvalue weighted by molar-refractivity contribution is 5.51. The first kappa shape index (κ1) is 12.9. The molecule has 4 nitrogen and oxygen atoms in total. The molecule has 102 valence electrons. The summed E-state index contributed by atoms with van der Waals surface area (Å²) in [5.41, 5.74) is 3.78. The predicted octanol–water partition coefficient (Wildman–Crippen LogP) is 3.36. The minimum Gasteiger partial charge on any atom is -0.381 e. The Morgan fingerprint density at radius 2 is 2.00 bits per heavy atom. The van der Waals surface area contributed by atoms with E-state index >= 15 is 0 Å². The van der Waals surface area contributed by atoms with Crippen molar-refractivity contribution in [2.24, 2.45) is 0 Å². The lowest BCUT2D eigenvalue weighted by Crippen LogP contribution is -2.05. The van der Waals surface area contributed by atoms with Crippen molar-refractivity contribution < 1.29 is 0 Å². The van der Waals surface area contributed by atoms with E-state index in [0.717, 1.165) is 16.9 Å². The highest BCUT2D eigenvalue weighted by atomic mass is 15.3. The lowest BCUT2D eigenvalue weighted by atomic mass is 10.1. The number of nitriles is 1. The molecule has 0 bridgehead atoms. The summed E-state index contributed by atoms with van der Waals surface area (Å²) in [5.74, 6) is 0. The molecule has 1 N–H and O–H groups in total. The third kappa shape index (κ3) is 2.93. The van der Waals surface area contributed by atoms with E-state index in [0.29, 0.717) is 12.1 Å². The topological polar surface area (TPSA) is 53.6 Å². The second kappa shape index (κ2) is 5.93. The molecule has 3 rings (SSSR count). The summed E-state index contributed by atoms with van der Waals surface area (Å²) < 4.78 is 1.85. The number of hydrogen-bond acceptors (Lipinski definition) is 3. The zero-order chi connectivity index (χ0) is 14.5. The fraction of sp³-hybridized carbons (Fsp3) is 0.0588. The summed E-state index contributed by atoms with van der Waals surface area (Å²) in [4.78, 5) is 0. The fourth-order valence-corrected chi connectivity index (χ4v) is 2.19. The Hall–Kier alpha value is -3.06. The molecule has 1 aromatic heterocycles. The first-order valence-corrected chi connectivity index (χ1v) is 6.69. The van der Waals surface area contributed by atoms with Gasteiger partial charge in [-0.1, -0.05) is 24.3 Å². The maximum atomic E-state index is 8.93. The highest BCUT2D eigenvalue weighted by Crippen LogP contribution is 2.16. The van der Waals surface area contributed by atoms with Crippen LogP contribution in [0, 0.1) is 11.3 Å². The third-order valence-electron chi connectivity index (χ3n) is 3.22. The van der Waals surface area contributed by atoms with E-state index < -0.39 is 0 Å². The smallest absolute Gasteiger partial charge is 0.0992 e. The van der Waals surface area contributed by atoms with Crippen LogP contribution in [0.1, 0.15) is 11.1 Å². The number of nitrogens with zero attached hydrogens (tertiary/aromatic N) is 3. The van der Waals surface area contributed by atoms with E-state index in [2.05, 4.69) is 22.6 Å². The molecule has 0 atom stereocenters. The zero-order valence-electron chi connectivity index (χ0n) is 11.4. The summed E-state index contributed by atoms with van der Waals surface area (Å²) in [6.07, 6.45) is 3.69. The van der Waals surface area contributed by atoms with Crippen molar-refractivity contribution in [2.75, 3.05) is 5.32 Å². The van der Waals surface area contributed by atoms with Crippen LogP contribution >= 0.6 is 0 Å². The van der Waals surface area contributed by atoms with Crippen LogP contribution in [0.3, 0.4) is 0 Å². The maximum Gasteiger partial charge on any atom is 0.0992 e. The van der Waals surface area contributed by atoms with E-state index in [-0.39, 0.29) is 0 Å². The van der Waals surface area contributed by atoms with E-state index in [9.17, 15) is 0 Å². The van der Waals surface area contributed by atoms with Crippen molar-refractivity contribution in [3.63, 3.8) is 0 Å². The molecule has 0 saturated heterocycles. The lowest BCUT2D eigenvalue weighted by Gasteiger charge is -2.11. The van der Waals surface area contributed by atoms with Crippen LogP contribution in [-0.2, 0) is 6.54 Å². The summed E-state index contributed by atoms with van der Waals surface area (Å²) in [5, 5.41) is 16.5. The van der Waals surface area contributed by atoms with Crippen LogP contribution in [-0.4, -0.2) is 9.78 Å². The molecule has 1 heterocycles. The quantitative estimate of drug-likeness (QED) is 0.793. The molecular weight excluding hydrogens is 260 g/mol. The number of hydrogen-bond donors (Lipinski definition) is 1. The molecule has 0 aliphatic carbocycles. The fourth-order valence-electron chi connectivity index (χ4n) is 2.19. The lowest BCUT2D eigenvalue weighted by molar-refractivity contribution is 0.864. The monoisotopic (exact) mass is 274 g/mol. The summed E-state index contributed by atoms with van der Waals surface area (Å²) in [6, 6.07) is 19.6. The average Bonchev–Trinajstić information content (AvgIpc) is 3.08. The Kier molecular flexibility index (Phi) is 3.66. The summed E-state index contributed by atoms with van der Waals surface area (Å²) in [7, 11) is 0. The molecule has 0 saturated carbocycles. The van der Waals surface area contributed by atoms with Gasteiger partial charge in [0.25, 0.3) is 0 Å². The molecule has 0 amide bonds. The Labute approximate surface area is 123 Å². The number of nitrogens with one attached hydrogen (secondary N) is 1. The number of para-hydroxylation sites is 1. The number of anilines is 1. The number of benzene rings is 2. The number of aromatic nitrogens is 2. The van der Waals surface area contributed by atoms with Gasteiger partial charge in [0.2, 0.25) is 0 Å². The van der Waals surface area contributed by atoms with Gasteiger partial charge in [0.1, 0.15) is 0 Å². The van der Waals surface area contributed by atoms with E-state index in [4.69, 9.17) is 5.26 Å². The number of rotatable bonds is 4. The minimum atomic E-state index is 0.653. The van der Waals surface area contributed by atoms with Crippen LogP contribution in [0.25, 0.3) is 5.69 Å². The Morgan fingerprint density at radius 3 is 2.81 bits per heavy atom. The van der Waals surface area contributed by atoms with Gasteiger partial charge >= 0.3 is 0 Å². The van der Waals surface area contributed by atoms with Crippen molar-refractivity contribution in [3.8, 4) is 11.8 Å². The molecule has 4 heteroatoms. The molecular formula is C17H14N4. The van der Waals surface area contributed by atoms with Gasteiger partial charge in [0.15, 0.2) is 0 Å². The van der Waals surface area contributed by atoms with Gasteiger partial charge in [-0.15, -0.1) is 0 Å². The second-order valence-corrected chi connectivity index (χ2v) is 4.63. The Morgan fingerprint density at radius 1 is 1.10 bits per heavy atom. The third-order valence-corrected chi connectivity index (χ3v) is 3.22. The summed E-state index contributed by atoms with van der Waals surface area (Å²) >= 11 is 0. The van der Waals surface area contributed by atoms with Gasteiger partial charge in [0, 0.05) is 24.6 Å². The average molecular weight is 274 g/mol. The molecule has 0 radical (unpaired) electrons. The second-order valence-electron chi connectivity index (χ2n) is 4.63. The van der Waals surface area contributed by atoms with Crippen LogP contribution in [0.2, 0.25) is 0 Å². The van der Waals surface area contributed by atoms with Crippen molar-refractivity contribution in [1.82, 2.24) is 9.78 Å². The van der Waals surface area contributed by atoms with Gasteiger partial charge < -0.3 is 5.32 Å². The van der Waals surface area contributed by atoms with Gasteiger partial charge in [0.05, 0.1) is 17.3 Å². The van der Waals surface area contributed by atoms with Gasteiger partial charge in [-0.25, -0.2) is 4.68 Å². The first-order chi connectivity index (χ1) is 10.4. The van der Waals surface area contributed by atoms with Crippen molar-refractivity contribution in [2.45, 2.75) is 6.54 Å². The molecule has 0 aliphatic heterocycles. The van der Waals surface area contributed by atoms with Crippen molar-refractivity contribution >= 4 is 5.69 Å². The van der Waals surface area contributed by atoms with Crippen LogP contribution in [0.15, 0.2) is 67.0 Å². The highest BCUT2D eigenvalue weighted by Gasteiger charge is 2.04. The van der Waals surface area contributed by atoms with Crippen molar-refractivity contribution in [3.05, 3.63) is 78.1 Å². The molecule has 21 heavy (non-hydrogen) atoms. The Balaban J connectivity index is 1.81. The molecule has 0 spiro atoms. The molecule has 3 aromatic rings. The van der Waals surface area contributed by atoms with Crippen molar-refractivity contribution in [1.29, 1.82) is 5.26 Å². The van der Waals surface area contributed by atoms with Gasteiger partial charge in [-0.2, -0.15) is 10.4 Å². The molecule has 2 aromatic carbocycles. The standard InChI is InChI=1S/C17H14N4/c18-12-14-5-3-7-16(11-14)19-13-15-6-1-2-8-17(15)21-10-4-9-20-21/h1-11,19H,13H2. The van der Waals surface area contributed by atoms with Gasteiger partial charge in [-0.05, 0) is 35.9 Å². The maximum absolute atomic E-state index is 8.93. The molecule has 0 unspecified atom stereocenters. The predicted molar refractivity (Wildman–Crippen MR) is 82.0 cm³/mol. The summed E-state index contributed by atoms with van der Waals surface area (Å²) in [6.45, 7) is 0.672. The van der Waals surface area contributed by atoms with Gasteiger partial charge in [-0.3, -0.25) is 0 Å². The first-order valence-electron chi connectivity index (χ1n) is 6.69. The van der Waals surface area contributed by atoms with E-state index in [1.165, 1.54) is 0 Å². The van der Waals surface area contributed by atoms with E-state index in [1.807, 2.05) is 53.3 Å². The molecule has 0 fully saturated rings. The Bertz CT molecular complexity index is 769. The normalized spacial score (nSPS) is 10.0. The van der Waals surface area contributed by atoms with Crippen LogP contribution in [0.4, 0.5) is 5.69 Å². The zero-order valence-corrected chi connectivity index (χ0v) is 11.4. The molecule has 0 aliphatic rings. The SMILES string of the molecule is N#Cc1cccc(NCc2ccccc2-n2cccn2)c1. The van der Waals surface area contributed by atoms with Crippen LogP contribution < -0.4 is 5.32 Å². The largest absolute Gasteiger partial charge is 0.381 e. The van der Waals surface area contributed by atoms with E-state index in [1.54, 1.807) is 12.3 Å². The minimum absolute atomic E-state index is 0.653.